The molecule has 0 aliphatic carbocycles. The molecule has 33 heavy (non-hydrogen) atoms. The summed E-state index contributed by atoms with van der Waals surface area (Å²) in [6.45, 7) is 6.28. The van der Waals surface area contributed by atoms with Gasteiger partial charge in [0, 0.05) is 45.8 Å². The van der Waals surface area contributed by atoms with Gasteiger partial charge in [-0.1, -0.05) is 17.7 Å². The number of aromatic amines is 1. The highest BCUT2D eigenvalue weighted by molar-refractivity contribution is 6.29. The molecule has 2 N–H and O–H groups in total. The number of pyridine rings is 1. The Hall–Kier alpha value is -3.43. The quantitative estimate of drug-likeness (QED) is 0.479. The number of hydrogen-bond acceptors (Lipinski definition) is 6. The number of halogens is 1. The molecule has 0 atom stereocenters. The van der Waals surface area contributed by atoms with Crippen molar-refractivity contribution < 1.29 is 4.79 Å². The van der Waals surface area contributed by atoms with Gasteiger partial charge < -0.3 is 15.2 Å². The maximum atomic E-state index is 12.4. The standard InChI is InChI=1S/C23H24ClN7O2/c1-14-18(6-4-16(26-14)22(32)25-2)30-9-7-29(8-10-30)13-15-3-5-19-17(11-15)27-23(33)20-12-21(24)28-31(19)20/h3-6,11-12H,7-10,13H2,1-2H3,(H,25,32)(H,27,33). The molecule has 0 saturated carbocycles. The summed E-state index contributed by atoms with van der Waals surface area (Å²) >= 11 is 5.99. The number of nitrogens with one attached hydrogen (secondary N) is 2. The first-order chi connectivity index (χ1) is 15.9. The van der Waals surface area contributed by atoms with Crippen molar-refractivity contribution in [3.8, 4) is 0 Å². The van der Waals surface area contributed by atoms with Crippen molar-refractivity contribution in [2.75, 3.05) is 38.1 Å². The number of carbonyl (C=O) groups is 1. The van der Waals surface area contributed by atoms with Crippen LogP contribution >= 0.6 is 11.6 Å². The molecule has 1 saturated heterocycles. The lowest BCUT2D eigenvalue weighted by Gasteiger charge is -2.36. The number of H-pyrrole nitrogens is 1. The van der Waals surface area contributed by atoms with Gasteiger partial charge in [0.05, 0.1) is 22.4 Å². The Balaban J connectivity index is 1.29. The van der Waals surface area contributed by atoms with Gasteiger partial charge in [-0.25, -0.2) is 9.50 Å². The summed E-state index contributed by atoms with van der Waals surface area (Å²) in [6, 6.07) is 11.3. The van der Waals surface area contributed by atoms with Gasteiger partial charge in [0.15, 0.2) is 5.15 Å². The number of carbonyl (C=O) groups excluding carboxylic acids is 1. The number of piperazine rings is 1. The van der Waals surface area contributed by atoms with Gasteiger partial charge in [0.2, 0.25) is 0 Å². The van der Waals surface area contributed by atoms with E-state index in [2.05, 4.69) is 36.2 Å². The molecule has 1 aliphatic rings. The summed E-state index contributed by atoms with van der Waals surface area (Å²) in [7, 11) is 1.60. The predicted molar refractivity (Wildman–Crippen MR) is 128 cm³/mol. The molecule has 5 rings (SSSR count). The van der Waals surface area contributed by atoms with Gasteiger partial charge in [-0.3, -0.25) is 14.5 Å². The van der Waals surface area contributed by atoms with Crippen LogP contribution in [0, 0.1) is 6.92 Å². The minimum absolute atomic E-state index is 0.178. The minimum Gasteiger partial charge on any atom is -0.368 e. The summed E-state index contributed by atoms with van der Waals surface area (Å²) in [5.41, 5.74) is 5.25. The number of fused-ring (bicyclic) bond motifs is 3. The first-order valence-electron chi connectivity index (χ1n) is 10.8. The Labute approximate surface area is 195 Å². The number of aromatic nitrogens is 4. The molecule has 0 unspecified atom stereocenters. The molecule has 4 aromatic rings. The third-order valence-electron chi connectivity index (χ3n) is 6.09. The van der Waals surface area contributed by atoms with Gasteiger partial charge in [-0.05, 0) is 36.8 Å². The van der Waals surface area contributed by atoms with E-state index in [0.717, 1.165) is 60.7 Å². The Kier molecular flexibility index (Phi) is 5.51. The molecule has 1 aliphatic heterocycles. The van der Waals surface area contributed by atoms with Gasteiger partial charge in [-0.2, -0.15) is 5.10 Å². The third kappa shape index (κ3) is 4.05. The van der Waals surface area contributed by atoms with E-state index < -0.39 is 0 Å². The van der Waals surface area contributed by atoms with Crippen LogP contribution in [0.25, 0.3) is 16.6 Å². The molecule has 1 amide bonds. The van der Waals surface area contributed by atoms with Crippen molar-refractivity contribution in [1.29, 1.82) is 0 Å². The van der Waals surface area contributed by atoms with Crippen LogP contribution in [0.15, 0.2) is 41.2 Å². The molecule has 4 heterocycles. The molecular formula is C23H24ClN7O2. The lowest BCUT2D eigenvalue weighted by atomic mass is 10.1. The highest BCUT2D eigenvalue weighted by atomic mass is 35.5. The fourth-order valence-electron chi connectivity index (χ4n) is 4.40. The van der Waals surface area contributed by atoms with Crippen molar-refractivity contribution in [2.24, 2.45) is 0 Å². The fraction of sp³-hybridized carbons (Fsp3) is 0.304. The summed E-state index contributed by atoms with van der Waals surface area (Å²) < 4.78 is 1.59. The molecule has 0 radical (unpaired) electrons. The minimum atomic E-state index is -0.209. The maximum Gasteiger partial charge on any atom is 0.274 e. The number of hydrogen-bond donors (Lipinski definition) is 2. The number of rotatable bonds is 4. The zero-order chi connectivity index (χ0) is 23.1. The topological polar surface area (TPSA) is 98.6 Å². The lowest BCUT2D eigenvalue weighted by molar-refractivity contribution is 0.0958. The number of benzene rings is 1. The summed E-state index contributed by atoms with van der Waals surface area (Å²) in [5, 5.41) is 7.13. The van der Waals surface area contributed by atoms with Gasteiger partial charge >= 0.3 is 0 Å². The average molecular weight is 466 g/mol. The largest absolute Gasteiger partial charge is 0.368 e. The average Bonchev–Trinajstić information content (AvgIpc) is 3.21. The van der Waals surface area contributed by atoms with Crippen LogP contribution in [0.5, 0.6) is 0 Å². The number of nitrogens with zero attached hydrogens (tertiary/aromatic N) is 5. The Morgan fingerprint density at radius 3 is 2.64 bits per heavy atom. The van der Waals surface area contributed by atoms with E-state index >= 15 is 0 Å². The Morgan fingerprint density at radius 1 is 1.12 bits per heavy atom. The normalized spacial score (nSPS) is 14.8. The van der Waals surface area contributed by atoms with E-state index in [1.807, 2.05) is 25.1 Å². The van der Waals surface area contributed by atoms with Crippen LogP contribution in [0.4, 0.5) is 5.69 Å². The maximum absolute atomic E-state index is 12.4. The SMILES string of the molecule is CNC(=O)c1ccc(N2CCN(Cc3ccc4c(c3)[nH]c(=O)c3cc(Cl)nn34)CC2)c(C)n1. The fourth-order valence-corrected chi connectivity index (χ4v) is 4.58. The second-order valence-corrected chi connectivity index (χ2v) is 8.60. The Morgan fingerprint density at radius 2 is 1.91 bits per heavy atom. The smallest absolute Gasteiger partial charge is 0.274 e. The van der Waals surface area contributed by atoms with Crippen molar-refractivity contribution >= 4 is 39.7 Å². The second-order valence-electron chi connectivity index (χ2n) is 8.21. The zero-order valence-electron chi connectivity index (χ0n) is 18.4. The molecule has 0 spiro atoms. The van der Waals surface area contributed by atoms with Crippen molar-refractivity contribution in [2.45, 2.75) is 13.5 Å². The van der Waals surface area contributed by atoms with Crippen molar-refractivity contribution in [3.63, 3.8) is 0 Å². The highest BCUT2D eigenvalue weighted by Gasteiger charge is 2.20. The van der Waals surface area contributed by atoms with Crippen LogP contribution < -0.4 is 15.8 Å². The van der Waals surface area contributed by atoms with E-state index in [1.54, 1.807) is 23.7 Å². The molecule has 170 valence electrons. The van der Waals surface area contributed by atoms with Crippen LogP contribution in [-0.2, 0) is 6.54 Å². The summed E-state index contributed by atoms with van der Waals surface area (Å²) in [4.78, 5) is 36.3. The monoisotopic (exact) mass is 465 g/mol. The second kappa shape index (κ2) is 8.49. The van der Waals surface area contributed by atoms with E-state index in [1.165, 1.54) is 0 Å². The summed E-state index contributed by atoms with van der Waals surface area (Å²) in [6.07, 6.45) is 0. The van der Waals surface area contributed by atoms with E-state index in [0.29, 0.717) is 16.4 Å². The van der Waals surface area contributed by atoms with Crippen LogP contribution in [0.1, 0.15) is 21.7 Å². The highest BCUT2D eigenvalue weighted by Crippen LogP contribution is 2.22. The van der Waals surface area contributed by atoms with Crippen LogP contribution in [0.2, 0.25) is 5.15 Å². The van der Waals surface area contributed by atoms with Crippen molar-refractivity contribution in [1.82, 2.24) is 29.8 Å². The van der Waals surface area contributed by atoms with Crippen LogP contribution in [-0.4, -0.2) is 63.6 Å². The Bertz CT molecular complexity index is 1420. The molecule has 3 aromatic heterocycles. The first-order valence-corrected chi connectivity index (χ1v) is 11.2. The van der Waals surface area contributed by atoms with E-state index in [-0.39, 0.29) is 11.5 Å². The van der Waals surface area contributed by atoms with E-state index in [9.17, 15) is 9.59 Å². The van der Waals surface area contributed by atoms with E-state index in [4.69, 9.17) is 11.6 Å². The van der Waals surface area contributed by atoms with Gasteiger partial charge in [0.25, 0.3) is 11.5 Å². The lowest BCUT2D eigenvalue weighted by Crippen LogP contribution is -2.46. The molecule has 10 heteroatoms. The first kappa shape index (κ1) is 21.4. The zero-order valence-corrected chi connectivity index (χ0v) is 19.2. The molecule has 9 nitrogen and oxygen atoms in total. The van der Waals surface area contributed by atoms with Crippen LogP contribution in [0.3, 0.4) is 0 Å². The molecule has 1 aromatic carbocycles. The van der Waals surface area contributed by atoms with Gasteiger partial charge in [0.1, 0.15) is 11.2 Å². The third-order valence-corrected chi connectivity index (χ3v) is 6.27. The van der Waals surface area contributed by atoms with Gasteiger partial charge in [-0.15, -0.1) is 0 Å². The number of aryl methyl sites for hydroxylation is 1. The number of anilines is 1. The predicted octanol–water partition coefficient (Wildman–Crippen LogP) is 2.21. The summed E-state index contributed by atoms with van der Waals surface area (Å²) in [5.74, 6) is -0.178. The molecule has 0 bridgehead atoms. The number of amides is 1. The molecular weight excluding hydrogens is 442 g/mol. The van der Waals surface area contributed by atoms with Crippen molar-refractivity contribution in [3.05, 3.63) is 68.9 Å². The molecule has 1 fully saturated rings.